The molecule has 0 spiro atoms. The maximum absolute atomic E-state index is 13.1. The topological polar surface area (TPSA) is 86.3 Å². The molecule has 3 amide bonds. The fourth-order valence-electron chi connectivity index (χ4n) is 3.50. The molecular weight excluding hydrogens is 388 g/mol. The van der Waals surface area contributed by atoms with E-state index in [-0.39, 0.29) is 19.1 Å². The summed E-state index contributed by atoms with van der Waals surface area (Å²) < 4.78 is 22.1. The van der Waals surface area contributed by atoms with E-state index >= 15 is 0 Å². The van der Waals surface area contributed by atoms with Crippen LogP contribution < -0.4 is 24.3 Å². The lowest BCUT2D eigenvalue weighted by atomic mass is 9.91. The number of fused-ring (bicyclic) bond motifs is 1. The zero-order chi connectivity index (χ0) is 21.1. The molecule has 1 unspecified atom stereocenters. The normalized spacial score (nSPS) is 20.5. The van der Waals surface area contributed by atoms with Gasteiger partial charge in [-0.25, -0.2) is 4.79 Å². The van der Waals surface area contributed by atoms with Gasteiger partial charge in [0, 0.05) is 6.42 Å². The van der Waals surface area contributed by atoms with Crippen LogP contribution in [0.15, 0.2) is 42.5 Å². The van der Waals surface area contributed by atoms with Crippen molar-refractivity contribution in [2.24, 2.45) is 0 Å². The first-order valence-corrected chi connectivity index (χ1v) is 9.82. The summed E-state index contributed by atoms with van der Waals surface area (Å²) in [6.07, 6.45) is 0.791. The Morgan fingerprint density at radius 2 is 1.73 bits per heavy atom. The summed E-state index contributed by atoms with van der Waals surface area (Å²) in [6.45, 7) is 3.14. The minimum atomic E-state index is -1.18. The van der Waals surface area contributed by atoms with Crippen molar-refractivity contribution in [3.63, 3.8) is 0 Å². The van der Waals surface area contributed by atoms with E-state index in [0.717, 1.165) is 12.2 Å². The number of carbonyl (C=O) groups is 2. The third kappa shape index (κ3) is 3.72. The van der Waals surface area contributed by atoms with Gasteiger partial charge < -0.3 is 24.3 Å². The predicted octanol–water partition coefficient (Wildman–Crippen LogP) is 2.70. The second-order valence-electron chi connectivity index (χ2n) is 7.25. The number of amides is 3. The van der Waals surface area contributed by atoms with Crippen LogP contribution in [0.3, 0.4) is 0 Å². The number of urea groups is 1. The Balaban J connectivity index is 1.44. The highest BCUT2D eigenvalue weighted by atomic mass is 16.5. The van der Waals surface area contributed by atoms with Crippen LogP contribution in [0.25, 0.3) is 0 Å². The third-order valence-electron chi connectivity index (χ3n) is 5.24. The minimum Gasteiger partial charge on any atom is -0.497 e. The molecule has 0 bridgehead atoms. The molecular formula is C22H24N2O6. The second-order valence-corrected chi connectivity index (χ2v) is 7.25. The Morgan fingerprint density at radius 3 is 2.47 bits per heavy atom. The Morgan fingerprint density at radius 1 is 1.03 bits per heavy atom. The molecule has 0 radical (unpaired) electrons. The van der Waals surface area contributed by atoms with Gasteiger partial charge in [0.1, 0.15) is 23.6 Å². The van der Waals surface area contributed by atoms with Crippen molar-refractivity contribution < 1.29 is 28.5 Å². The minimum absolute atomic E-state index is 0.136. The molecule has 8 nitrogen and oxygen atoms in total. The van der Waals surface area contributed by atoms with E-state index in [4.69, 9.17) is 18.9 Å². The Labute approximate surface area is 174 Å². The van der Waals surface area contributed by atoms with Crippen molar-refractivity contribution in [3.8, 4) is 23.0 Å². The summed E-state index contributed by atoms with van der Waals surface area (Å²) >= 11 is 0. The molecule has 2 aromatic rings. The van der Waals surface area contributed by atoms with Crippen LogP contribution in [-0.4, -0.2) is 50.3 Å². The van der Waals surface area contributed by atoms with E-state index in [0.29, 0.717) is 36.0 Å². The molecule has 2 aliphatic rings. The number of hydrogen-bond acceptors (Lipinski definition) is 6. The van der Waals surface area contributed by atoms with Gasteiger partial charge in [0.05, 0.1) is 26.9 Å². The molecule has 0 aromatic heterocycles. The van der Waals surface area contributed by atoms with E-state index in [1.54, 1.807) is 56.5 Å². The van der Waals surface area contributed by atoms with Crippen molar-refractivity contribution in [3.05, 3.63) is 48.0 Å². The molecule has 1 N–H and O–H groups in total. The summed E-state index contributed by atoms with van der Waals surface area (Å²) in [7, 11) is 1.59. The van der Waals surface area contributed by atoms with Crippen LogP contribution in [0.2, 0.25) is 0 Å². The summed E-state index contributed by atoms with van der Waals surface area (Å²) in [5.74, 6) is 2.24. The molecule has 1 saturated heterocycles. The van der Waals surface area contributed by atoms with Gasteiger partial charge >= 0.3 is 6.03 Å². The van der Waals surface area contributed by atoms with Crippen molar-refractivity contribution in [2.75, 3.05) is 33.5 Å². The highest BCUT2D eigenvalue weighted by Crippen LogP contribution is 2.36. The van der Waals surface area contributed by atoms with Gasteiger partial charge in [-0.05, 0) is 48.9 Å². The number of hydrogen-bond donors (Lipinski definition) is 1. The van der Waals surface area contributed by atoms with Gasteiger partial charge in [0.25, 0.3) is 5.91 Å². The smallest absolute Gasteiger partial charge is 0.325 e. The monoisotopic (exact) mass is 412 g/mol. The average Bonchev–Trinajstić information content (AvgIpc) is 2.92. The van der Waals surface area contributed by atoms with Crippen LogP contribution in [0.1, 0.15) is 18.9 Å². The molecule has 8 heteroatoms. The fraction of sp³-hybridized carbons (Fsp3) is 0.364. The van der Waals surface area contributed by atoms with E-state index in [2.05, 4.69) is 5.32 Å². The molecule has 158 valence electrons. The third-order valence-corrected chi connectivity index (χ3v) is 5.24. The number of carbonyl (C=O) groups excluding carboxylic acids is 2. The second kappa shape index (κ2) is 8.14. The van der Waals surface area contributed by atoms with Crippen LogP contribution in [-0.2, 0) is 10.3 Å². The molecule has 2 heterocycles. The Bertz CT molecular complexity index is 945. The van der Waals surface area contributed by atoms with Crippen LogP contribution in [0.5, 0.6) is 23.0 Å². The molecule has 4 rings (SSSR count). The highest BCUT2D eigenvalue weighted by Gasteiger charge is 2.49. The Hall–Kier alpha value is -3.42. The predicted molar refractivity (Wildman–Crippen MR) is 108 cm³/mol. The first kappa shape index (κ1) is 19.9. The SMILES string of the molecule is COc1ccc(OCCN2C(=O)NC(C)(c3ccc4c(c3)OCCCO4)C2=O)cc1. The van der Waals surface area contributed by atoms with Gasteiger partial charge in [-0.1, -0.05) is 6.07 Å². The summed E-state index contributed by atoms with van der Waals surface area (Å²) in [5.41, 5.74) is -0.536. The number of rotatable bonds is 6. The van der Waals surface area contributed by atoms with Gasteiger partial charge in [-0.15, -0.1) is 0 Å². The Kier molecular flexibility index (Phi) is 5.39. The lowest BCUT2D eigenvalue weighted by Crippen LogP contribution is -2.41. The zero-order valence-electron chi connectivity index (χ0n) is 17.0. The lowest BCUT2D eigenvalue weighted by Gasteiger charge is -2.23. The number of nitrogens with one attached hydrogen (secondary N) is 1. The highest BCUT2D eigenvalue weighted by molar-refractivity contribution is 6.07. The summed E-state index contributed by atoms with van der Waals surface area (Å²) in [5, 5.41) is 2.80. The maximum atomic E-state index is 13.1. The average molecular weight is 412 g/mol. The number of methoxy groups -OCH3 is 1. The quantitative estimate of drug-likeness (QED) is 0.735. The molecule has 30 heavy (non-hydrogen) atoms. The summed E-state index contributed by atoms with van der Waals surface area (Å²) in [4.78, 5) is 26.8. The lowest BCUT2D eigenvalue weighted by molar-refractivity contribution is -0.131. The van der Waals surface area contributed by atoms with E-state index in [1.165, 1.54) is 4.90 Å². The van der Waals surface area contributed by atoms with Crippen molar-refractivity contribution >= 4 is 11.9 Å². The van der Waals surface area contributed by atoms with Crippen LogP contribution >= 0.6 is 0 Å². The largest absolute Gasteiger partial charge is 0.497 e. The molecule has 0 saturated carbocycles. The van der Waals surface area contributed by atoms with Crippen LogP contribution in [0, 0.1) is 0 Å². The van der Waals surface area contributed by atoms with E-state index < -0.39 is 11.6 Å². The van der Waals surface area contributed by atoms with Crippen LogP contribution in [0.4, 0.5) is 4.79 Å². The van der Waals surface area contributed by atoms with Gasteiger partial charge in [-0.2, -0.15) is 0 Å². The molecule has 1 fully saturated rings. The number of nitrogens with zero attached hydrogens (tertiary/aromatic N) is 1. The molecule has 2 aromatic carbocycles. The van der Waals surface area contributed by atoms with E-state index in [1.807, 2.05) is 0 Å². The van der Waals surface area contributed by atoms with Crippen molar-refractivity contribution in [1.29, 1.82) is 0 Å². The van der Waals surface area contributed by atoms with Crippen molar-refractivity contribution in [2.45, 2.75) is 18.9 Å². The zero-order valence-corrected chi connectivity index (χ0v) is 17.0. The van der Waals surface area contributed by atoms with Gasteiger partial charge in [0.2, 0.25) is 0 Å². The molecule has 2 aliphatic heterocycles. The number of benzene rings is 2. The standard InChI is InChI=1S/C22H24N2O6/c1-22(15-4-9-18-19(14-15)30-12-3-11-29-18)20(25)24(21(26)23-22)10-13-28-17-7-5-16(27-2)6-8-17/h4-9,14H,3,10-13H2,1-2H3,(H,23,26). The van der Waals surface area contributed by atoms with E-state index in [9.17, 15) is 9.59 Å². The van der Waals surface area contributed by atoms with Gasteiger partial charge in [0.15, 0.2) is 11.5 Å². The first-order chi connectivity index (χ1) is 14.5. The molecule has 1 atom stereocenters. The van der Waals surface area contributed by atoms with Crippen molar-refractivity contribution in [1.82, 2.24) is 10.2 Å². The summed E-state index contributed by atoms with van der Waals surface area (Å²) in [6, 6.07) is 12.0. The first-order valence-electron chi connectivity index (χ1n) is 9.82. The van der Waals surface area contributed by atoms with Gasteiger partial charge in [-0.3, -0.25) is 9.69 Å². The number of imide groups is 1. The molecule has 0 aliphatic carbocycles. The fourth-order valence-corrected chi connectivity index (χ4v) is 3.50. The number of ether oxygens (including phenoxy) is 4. The maximum Gasteiger partial charge on any atom is 0.325 e.